The molecule has 1 saturated heterocycles. The average Bonchev–Trinajstić information content (AvgIpc) is 2.96. The van der Waals surface area contributed by atoms with Gasteiger partial charge in [0.1, 0.15) is 0 Å². The van der Waals surface area contributed by atoms with Gasteiger partial charge in [-0.2, -0.15) is 5.26 Å². The molecule has 3 rings (SSSR count). The van der Waals surface area contributed by atoms with Gasteiger partial charge in [-0.05, 0) is 62.0 Å². The van der Waals surface area contributed by atoms with Crippen molar-refractivity contribution in [2.75, 3.05) is 20.2 Å². The largest absolute Gasteiger partial charge is 0.465 e. The third kappa shape index (κ3) is 3.70. The molecular weight excluding hydrogens is 314 g/mol. The van der Waals surface area contributed by atoms with Gasteiger partial charge in [0.15, 0.2) is 0 Å². The van der Waals surface area contributed by atoms with Gasteiger partial charge in [-0.3, -0.25) is 4.98 Å². The lowest BCUT2D eigenvalue weighted by molar-refractivity contribution is 0.0600. The van der Waals surface area contributed by atoms with E-state index in [1.54, 1.807) is 18.3 Å². The molecule has 1 atom stereocenters. The monoisotopic (exact) mass is 335 g/mol. The van der Waals surface area contributed by atoms with Crippen LogP contribution in [0.3, 0.4) is 0 Å². The quantitative estimate of drug-likeness (QED) is 0.871. The van der Waals surface area contributed by atoms with Crippen LogP contribution in [0.1, 0.15) is 46.7 Å². The highest BCUT2D eigenvalue weighted by Crippen LogP contribution is 2.36. The van der Waals surface area contributed by atoms with E-state index in [2.05, 4.69) is 16.4 Å². The molecule has 5 heteroatoms. The molecule has 1 aliphatic heterocycles. The van der Waals surface area contributed by atoms with Crippen LogP contribution in [0.5, 0.6) is 0 Å². The van der Waals surface area contributed by atoms with Crippen LogP contribution in [0.2, 0.25) is 0 Å². The molecule has 1 aromatic carbocycles. The first-order valence-corrected chi connectivity index (χ1v) is 8.53. The lowest BCUT2D eigenvalue weighted by atomic mass is 9.84. The number of nitriles is 1. The van der Waals surface area contributed by atoms with E-state index in [1.807, 2.05) is 18.2 Å². The van der Waals surface area contributed by atoms with Crippen LogP contribution in [0.4, 0.5) is 0 Å². The van der Waals surface area contributed by atoms with E-state index in [4.69, 9.17) is 4.74 Å². The van der Waals surface area contributed by atoms with Crippen molar-refractivity contribution >= 4 is 5.97 Å². The van der Waals surface area contributed by atoms with E-state index in [-0.39, 0.29) is 5.97 Å². The zero-order chi connectivity index (χ0) is 17.6. The number of esters is 1. The Kier molecular flexibility index (Phi) is 5.42. The molecule has 0 radical (unpaired) electrons. The predicted molar refractivity (Wildman–Crippen MR) is 95.2 cm³/mol. The maximum absolute atomic E-state index is 11.8. The molecule has 0 saturated carbocycles. The van der Waals surface area contributed by atoms with E-state index >= 15 is 0 Å². The Balaban J connectivity index is 2.10. The molecule has 1 aromatic heterocycles. The number of nitrogens with one attached hydrogen (secondary N) is 1. The summed E-state index contributed by atoms with van der Waals surface area (Å²) in [5.41, 5.74) is 3.82. The standard InChI is InChI=1S/C20H21N3O2/c1-25-20(24)15-8-11-23-18(12-15)17-6-2-4-16(13-21)19(17)14-5-3-9-22-10-7-14/h2,4,6,8,11-12,14,22H,3,5,7,9-10H2,1H3. The lowest BCUT2D eigenvalue weighted by Crippen LogP contribution is -2.14. The number of methoxy groups -OCH3 is 1. The van der Waals surface area contributed by atoms with Crippen LogP contribution in [-0.4, -0.2) is 31.2 Å². The van der Waals surface area contributed by atoms with Gasteiger partial charge in [-0.25, -0.2) is 4.79 Å². The Labute approximate surface area is 147 Å². The minimum atomic E-state index is -0.389. The SMILES string of the molecule is COC(=O)c1ccnc(-c2cccc(C#N)c2C2CCCNCC2)c1. The molecule has 2 heterocycles. The number of pyridine rings is 1. The van der Waals surface area contributed by atoms with Gasteiger partial charge >= 0.3 is 5.97 Å². The van der Waals surface area contributed by atoms with E-state index < -0.39 is 0 Å². The fourth-order valence-electron chi connectivity index (χ4n) is 3.46. The molecule has 1 N–H and O–H groups in total. The van der Waals surface area contributed by atoms with E-state index in [1.165, 1.54) is 7.11 Å². The fourth-order valence-corrected chi connectivity index (χ4v) is 3.46. The minimum absolute atomic E-state index is 0.310. The molecule has 2 aromatic rings. The van der Waals surface area contributed by atoms with Gasteiger partial charge in [0.2, 0.25) is 0 Å². The van der Waals surface area contributed by atoms with Gasteiger partial charge in [0.25, 0.3) is 0 Å². The second kappa shape index (κ2) is 7.91. The Morgan fingerprint density at radius 1 is 1.32 bits per heavy atom. The summed E-state index contributed by atoms with van der Waals surface area (Å²) >= 11 is 0. The zero-order valence-corrected chi connectivity index (χ0v) is 14.3. The number of carbonyl (C=O) groups is 1. The predicted octanol–water partition coefficient (Wildman–Crippen LogP) is 3.26. The summed E-state index contributed by atoms with van der Waals surface area (Å²) in [5, 5.41) is 13.0. The topological polar surface area (TPSA) is 75.0 Å². The Bertz CT molecular complexity index is 803. The number of hydrogen-bond donors (Lipinski definition) is 1. The van der Waals surface area contributed by atoms with Crippen molar-refractivity contribution in [2.45, 2.75) is 25.2 Å². The summed E-state index contributed by atoms with van der Waals surface area (Å²) in [5.74, 6) is -0.0789. The van der Waals surface area contributed by atoms with Crippen LogP contribution in [0.25, 0.3) is 11.3 Å². The number of aromatic nitrogens is 1. The highest BCUT2D eigenvalue weighted by molar-refractivity contribution is 5.90. The normalized spacial score (nSPS) is 17.4. The van der Waals surface area contributed by atoms with Crippen LogP contribution in [0, 0.1) is 11.3 Å². The van der Waals surface area contributed by atoms with Gasteiger partial charge in [0.05, 0.1) is 30.0 Å². The number of carbonyl (C=O) groups excluding carboxylic acids is 1. The Morgan fingerprint density at radius 2 is 2.20 bits per heavy atom. The smallest absolute Gasteiger partial charge is 0.337 e. The maximum Gasteiger partial charge on any atom is 0.337 e. The highest BCUT2D eigenvalue weighted by atomic mass is 16.5. The summed E-state index contributed by atoms with van der Waals surface area (Å²) in [4.78, 5) is 16.3. The van der Waals surface area contributed by atoms with Crippen LogP contribution >= 0.6 is 0 Å². The molecule has 0 bridgehead atoms. The number of ether oxygens (including phenoxy) is 1. The number of hydrogen-bond acceptors (Lipinski definition) is 5. The Hall–Kier alpha value is -2.71. The van der Waals surface area contributed by atoms with Crippen molar-refractivity contribution in [2.24, 2.45) is 0 Å². The van der Waals surface area contributed by atoms with Crippen molar-refractivity contribution < 1.29 is 9.53 Å². The van der Waals surface area contributed by atoms with E-state index in [9.17, 15) is 10.1 Å². The molecule has 1 aliphatic rings. The summed E-state index contributed by atoms with van der Waals surface area (Å²) < 4.78 is 4.81. The molecule has 0 amide bonds. The molecule has 5 nitrogen and oxygen atoms in total. The van der Waals surface area contributed by atoms with Crippen molar-refractivity contribution in [3.05, 3.63) is 53.2 Å². The molecular formula is C20H21N3O2. The molecule has 25 heavy (non-hydrogen) atoms. The third-order valence-corrected chi connectivity index (χ3v) is 4.67. The lowest BCUT2D eigenvalue weighted by Gasteiger charge is -2.20. The average molecular weight is 335 g/mol. The fraction of sp³-hybridized carbons (Fsp3) is 0.350. The van der Waals surface area contributed by atoms with Crippen LogP contribution in [0.15, 0.2) is 36.5 Å². The molecule has 128 valence electrons. The highest BCUT2D eigenvalue weighted by Gasteiger charge is 2.22. The van der Waals surface area contributed by atoms with Gasteiger partial charge in [-0.15, -0.1) is 0 Å². The third-order valence-electron chi connectivity index (χ3n) is 4.67. The first-order valence-electron chi connectivity index (χ1n) is 8.53. The second-order valence-electron chi connectivity index (χ2n) is 6.18. The minimum Gasteiger partial charge on any atom is -0.465 e. The van der Waals surface area contributed by atoms with Crippen LogP contribution in [-0.2, 0) is 4.74 Å². The number of rotatable bonds is 3. The van der Waals surface area contributed by atoms with Crippen molar-refractivity contribution in [3.63, 3.8) is 0 Å². The van der Waals surface area contributed by atoms with Gasteiger partial charge in [0, 0.05) is 11.8 Å². The maximum atomic E-state index is 11.8. The number of nitrogens with zero attached hydrogens (tertiary/aromatic N) is 2. The summed E-state index contributed by atoms with van der Waals surface area (Å²) in [7, 11) is 1.36. The van der Waals surface area contributed by atoms with E-state index in [0.717, 1.165) is 43.5 Å². The molecule has 1 unspecified atom stereocenters. The van der Waals surface area contributed by atoms with Gasteiger partial charge in [-0.1, -0.05) is 12.1 Å². The van der Waals surface area contributed by atoms with Crippen molar-refractivity contribution in [1.82, 2.24) is 10.3 Å². The van der Waals surface area contributed by atoms with Gasteiger partial charge < -0.3 is 10.1 Å². The second-order valence-corrected chi connectivity index (χ2v) is 6.18. The van der Waals surface area contributed by atoms with Crippen molar-refractivity contribution in [1.29, 1.82) is 5.26 Å². The summed E-state index contributed by atoms with van der Waals surface area (Å²) in [6, 6.07) is 11.4. The first-order chi connectivity index (χ1) is 12.2. The molecule has 1 fully saturated rings. The summed E-state index contributed by atoms with van der Waals surface area (Å²) in [6.07, 6.45) is 4.72. The van der Waals surface area contributed by atoms with E-state index in [0.29, 0.717) is 22.7 Å². The molecule has 0 spiro atoms. The zero-order valence-electron chi connectivity index (χ0n) is 14.3. The molecule has 0 aliphatic carbocycles. The van der Waals surface area contributed by atoms with Crippen molar-refractivity contribution in [3.8, 4) is 17.3 Å². The number of benzene rings is 1. The van der Waals surface area contributed by atoms with Crippen LogP contribution < -0.4 is 5.32 Å². The summed E-state index contributed by atoms with van der Waals surface area (Å²) in [6.45, 7) is 1.95. The first kappa shape index (κ1) is 17.1. The Morgan fingerprint density at radius 3 is 3.00 bits per heavy atom.